The molecule has 0 aliphatic heterocycles. The van der Waals surface area contributed by atoms with E-state index in [1.165, 1.54) is 11.3 Å². The van der Waals surface area contributed by atoms with E-state index < -0.39 is 0 Å². The number of aromatic nitrogens is 1. The summed E-state index contributed by atoms with van der Waals surface area (Å²) in [6, 6.07) is 7.80. The molecule has 0 spiro atoms. The maximum absolute atomic E-state index is 5.81. The summed E-state index contributed by atoms with van der Waals surface area (Å²) in [5, 5.41) is 0.739. The molecule has 1 heterocycles. The Morgan fingerprint density at radius 1 is 1.47 bits per heavy atom. The normalized spacial score (nSPS) is 10.2. The Morgan fingerprint density at radius 2 is 2.33 bits per heavy atom. The predicted octanol–water partition coefficient (Wildman–Crippen LogP) is 2.79. The minimum absolute atomic E-state index is 0.663. The lowest BCUT2D eigenvalue weighted by Crippen LogP contribution is -1.92. The van der Waals surface area contributed by atoms with Crippen molar-refractivity contribution in [3.05, 3.63) is 29.8 Å². The molecule has 0 amide bonds. The molecule has 0 bridgehead atoms. The van der Waals surface area contributed by atoms with E-state index in [1.807, 2.05) is 31.2 Å². The van der Waals surface area contributed by atoms with E-state index in [1.54, 1.807) is 5.51 Å². The zero-order valence-corrected chi connectivity index (χ0v) is 9.25. The van der Waals surface area contributed by atoms with Gasteiger partial charge in [0.2, 0.25) is 0 Å². The Kier molecular flexibility index (Phi) is 2.87. The van der Waals surface area contributed by atoms with Crippen LogP contribution in [0, 0.1) is 0 Å². The second kappa shape index (κ2) is 4.31. The maximum Gasteiger partial charge on any atom is 0.119 e. The molecule has 1 aromatic carbocycles. The van der Waals surface area contributed by atoms with Gasteiger partial charge in [-0.05, 0) is 19.1 Å². The van der Waals surface area contributed by atoms with Crippen LogP contribution in [0.3, 0.4) is 0 Å². The van der Waals surface area contributed by atoms with Crippen LogP contribution in [0.2, 0.25) is 0 Å². The highest BCUT2D eigenvalue weighted by Gasteiger charge is 2.06. The van der Waals surface area contributed by atoms with Gasteiger partial charge in [-0.25, -0.2) is 4.98 Å². The van der Waals surface area contributed by atoms with Gasteiger partial charge in [-0.2, -0.15) is 0 Å². The zero-order valence-electron chi connectivity index (χ0n) is 8.43. The van der Waals surface area contributed by atoms with Gasteiger partial charge in [0.25, 0.3) is 0 Å². The topological polar surface area (TPSA) is 48.1 Å². The van der Waals surface area contributed by atoms with Crippen molar-refractivity contribution in [3.63, 3.8) is 0 Å². The standard InChI is InChI=1S/C11H12N2OS/c1-2-14-9-5-3-4-8(6-9)10-11(12)15-7-13-10/h3-7H,2,12H2,1H3. The molecule has 0 unspecified atom stereocenters. The van der Waals surface area contributed by atoms with Gasteiger partial charge >= 0.3 is 0 Å². The number of nitrogens with zero attached hydrogens (tertiary/aromatic N) is 1. The lowest BCUT2D eigenvalue weighted by atomic mass is 10.1. The number of anilines is 1. The second-order valence-electron chi connectivity index (χ2n) is 3.03. The van der Waals surface area contributed by atoms with E-state index in [0.29, 0.717) is 6.61 Å². The summed E-state index contributed by atoms with van der Waals surface area (Å²) in [4.78, 5) is 4.23. The quantitative estimate of drug-likeness (QED) is 0.865. The van der Waals surface area contributed by atoms with Crippen molar-refractivity contribution in [2.75, 3.05) is 12.3 Å². The molecule has 0 aliphatic rings. The molecule has 78 valence electrons. The van der Waals surface area contributed by atoms with E-state index >= 15 is 0 Å². The fourth-order valence-electron chi connectivity index (χ4n) is 1.37. The van der Waals surface area contributed by atoms with Crippen LogP contribution in [0.15, 0.2) is 29.8 Å². The van der Waals surface area contributed by atoms with Crippen LogP contribution in [0.1, 0.15) is 6.92 Å². The van der Waals surface area contributed by atoms with Crippen LogP contribution >= 0.6 is 11.3 Å². The lowest BCUT2D eigenvalue weighted by molar-refractivity contribution is 0.340. The van der Waals surface area contributed by atoms with Crippen molar-refractivity contribution in [3.8, 4) is 17.0 Å². The molecule has 0 fully saturated rings. The number of hydrogen-bond acceptors (Lipinski definition) is 4. The van der Waals surface area contributed by atoms with Crippen LogP contribution in [0.25, 0.3) is 11.3 Å². The summed E-state index contributed by atoms with van der Waals surface area (Å²) in [6.07, 6.45) is 0. The zero-order chi connectivity index (χ0) is 10.7. The number of benzene rings is 1. The first-order valence-electron chi connectivity index (χ1n) is 4.73. The molecule has 0 radical (unpaired) electrons. The number of thiazole rings is 1. The highest BCUT2D eigenvalue weighted by molar-refractivity contribution is 7.14. The van der Waals surface area contributed by atoms with Gasteiger partial charge in [-0.1, -0.05) is 12.1 Å². The number of ether oxygens (including phenoxy) is 1. The summed E-state index contributed by atoms with van der Waals surface area (Å²) in [6.45, 7) is 2.62. The van der Waals surface area contributed by atoms with E-state index in [4.69, 9.17) is 10.5 Å². The van der Waals surface area contributed by atoms with Crippen molar-refractivity contribution >= 4 is 16.3 Å². The van der Waals surface area contributed by atoms with Crippen molar-refractivity contribution in [2.24, 2.45) is 0 Å². The monoisotopic (exact) mass is 220 g/mol. The van der Waals surface area contributed by atoms with Gasteiger partial charge in [-0.15, -0.1) is 11.3 Å². The molecular weight excluding hydrogens is 208 g/mol. The molecule has 2 rings (SSSR count). The van der Waals surface area contributed by atoms with Gasteiger partial charge < -0.3 is 10.5 Å². The molecule has 15 heavy (non-hydrogen) atoms. The first-order chi connectivity index (χ1) is 7.31. The van der Waals surface area contributed by atoms with Crippen molar-refractivity contribution < 1.29 is 4.74 Å². The smallest absolute Gasteiger partial charge is 0.119 e. The third-order valence-corrected chi connectivity index (χ3v) is 2.67. The van der Waals surface area contributed by atoms with Gasteiger partial charge in [0.15, 0.2) is 0 Å². The summed E-state index contributed by atoms with van der Waals surface area (Å²) in [5.74, 6) is 0.849. The lowest BCUT2D eigenvalue weighted by Gasteiger charge is -2.04. The van der Waals surface area contributed by atoms with Gasteiger partial charge in [0.05, 0.1) is 12.1 Å². The molecule has 0 atom stereocenters. The summed E-state index contributed by atoms with van der Waals surface area (Å²) in [7, 11) is 0. The second-order valence-corrected chi connectivity index (χ2v) is 3.91. The Hall–Kier alpha value is -1.55. The average molecular weight is 220 g/mol. The van der Waals surface area contributed by atoms with E-state index in [2.05, 4.69) is 4.98 Å². The fraction of sp³-hybridized carbons (Fsp3) is 0.182. The summed E-state index contributed by atoms with van der Waals surface area (Å²) < 4.78 is 5.42. The van der Waals surface area contributed by atoms with Gasteiger partial charge in [-0.3, -0.25) is 0 Å². The Morgan fingerprint density at radius 3 is 3.00 bits per heavy atom. The molecule has 0 saturated heterocycles. The maximum atomic E-state index is 5.81. The van der Waals surface area contributed by atoms with Crippen LogP contribution in [0.4, 0.5) is 5.00 Å². The number of nitrogen functional groups attached to an aromatic ring is 1. The molecule has 0 aliphatic carbocycles. The first-order valence-corrected chi connectivity index (χ1v) is 5.61. The highest BCUT2D eigenvalue weighted by Crippen LogP contribution is 2.29. The molecule has 3 nitrogen and oxygen atoms in total. The van der Waals surface area contributed by atoms with Crippen molar-refractivity contribution in [1.29, 1.82) is 0 Å². The van der Waals surface area contributed by atoms with Gasteiger partial charge in [0.1, 0.15) is 16.4 Å². The molecule has 4 heteroatoms. The van der Waals surface area contributed by atoms with Crippen molar-refractivity contribution in [1.82, 2.24) is 4.98 Å². The van der Waals surface area contributed by atoms with E-state index in [0.717, 1.165) is 22.0 Å². The molecule has 1 aromatic heterocycles. The number of nitrogens with two attached hydrogens (primary N) is 1. The Labute approximate surface area is 92.5 Å². The first kappa shape index (κ1) is 9.98. The average Bonchev–Trinajstić information content (AvgIpc) is 2.65. The summed E-state index contributed by atoms with van der Waals surface area (Å²) in [5.41, 5.74) is 9.39. The molecule has 2 N–H and O–H groups in total. The number of hydrogen-bond donors (Lipinski definition) is 1. The fourth-order valence-corrected chi connectivity index (χ4v) is 1.93. The minimum atomic E-state index is 0.663. The minimum Gasteiger partial charge on any atom is -0.494 e. The predicted molar refractivity (Wildman–Crippen MR) is 63.1 cm³/mol. The van der Waals surface area contributed by atoms with Gasteiger partial charge in [0, 0.05) is 5.56 Å². The third-order valence-electron chi connectivity index (χ3n) is 2.01. The Balaban J connectivity index is 2.37. The SMILES string of the molecule is CCOc1cccc(-c2ncsc2N)c1. The largest absolute Gasteiger partial charge is 0.494 e. The molecular formula is C11H12N2OS. The van der Waals surface area contributed by atoms with Crippen LogP contribution in [0.5, 0.6) is 5.75 Å². The molecule has 0 saturated carbocycles. The summed E-state index contributed by atoms with van der Waals surface area (Å²) >= 11 is 1.44. The van der Waals surface area contributed by atoms with Crippen LogP contribution < -0.4 is 10.5 Å². The molecule has 2 aromatic rings. The third kappa shape index (κ3) is 2.10. The van der Waals surface area contributed by atoms with E-state index in [9.17, 15) is 0 Å². The van der Waals surface area contributed by atoms with Crippen LogP contribution in [-0.2, 0) is 0 Å². The van der Waals surface area contributed by atoms with E-state index in [-0.39, 0.29) is 0 Å². The highest BCUT2D eigenvalue weighted by atomic mass is 32.1. The Bertz CT molecular complexity index is 453. The van der Waals surface area contributed by atoms with Crippen molar-refractivity contribution in [2.45, 2.75) is 6.92 Å². The number of rotatable bonds is 3. The van der Waals surface area contributed by atoms with Crippen LogP contribution in [-0.4, -0.2) is 11.6 Å².